The van der Waals surface area contributed by atoms with Crippen molar-refractivity contribution in [3.63, 3.8) is 0 Å². The van der Waals surface area contributed by atoms with Crippen molar-refractivity contribution in [1.82, 2.24) is 5.32 Å². The van der Waals surface area contributed by atoms with Crippen molar-refractivity contribution < 1.29 is 13.2 Å². The maximum absolute atomic E-state index is 11.1. The first-order chi connectivity index (χ1) is 6.85. The minimum absolute atomic E-state index is 0.431. The molecule has 0 aliphatic rings. The van der Waals surface area contributed by atoms with Gasteiger partial charge >= 0.3 is 0 Å². The van der Waals surface area contributed by atoms with Gasteiger partial charge in [0.1, 0.15) is 5.75 Å². The van der Waals surface area contributed by atoms with E-state index in [1.165, 1.54) is 0 Å². The van der Waals surface area contributed by atoms with Gasteiger partial charge in [0.15, 0.2) is 9.84 Å². The van der Waals surface area contributed by atoms with Crippen molar-refractivity contribution in [2.45, 2.75) is 19.8 Å². The number of rotatable bonds is 7. The molecule has 90 valence electrons. The Morgan fingerprint density at radius 3 is 2.53 bits per heavy atom. The zero-order valence-corrected chi connectivity index (χ0v) is 10.1. The van der Waals surface area contributed by atoms with Crippen molar-refractivity contribution in [1.29, 1.82) is 0 Å². The molecule has 0 saturated carbocycles. The summed E-state index contributed by atoms with van der Waals surface area (Å²) in [6.07, 6.45) is 2.81. The SMILES string of the molecule is CC(CN)CCCNC(=O)CS(C)(=O)=O. The summed E-state index contributed by atoms with van der Waals surface area (Å²) < 4.78 is 21.5. The fourth-order valence-corrected chi connectivity index (χ4v) is 1.66. The Morgan fingerprint density at radius 2 is 2.07 bits per heavy atom. The molecule has 0 aliphatic heterocycles. The predicted molar refractivity (Wildman–Crippen MR) is 60.2 cm³/mol. The van der Waals surface area contributed by atoms with Crippen LogP contribution in [0.25, 0.3) is 0 Å². The molecule has 0 heterocycles. The highest BCUT2D eigenvalue weighted by atomic mass is 32.2. The van der Waals surface area contributed by atoms with Crippen LogP contribution in [-0.4, -0.2) is 39.4 Å². The van der Waals surface area contributed by atoms with Crippen molar-refractivity contribution in [2.24, 2.45) is 11.7 Å². The van der Waals surface area contributed by atoms with Crippen molar-refractivity contribution in [3.05, 3.63) is 0 Å². The minimum atomic E-state index is -3.21. The molecule has 0 aromatic heterocycles. The van der Waals surface area contributed by atoms with Gasteiger partial charge in [-0.3, -0.25) is 4.79 Å². The van der Waals surface area contributed by atoms with E-state index in [-0.39, 0.29) is 0 Å². The highest BCUT2D eigenvalue weighted by Crippen LogP contribution is 2.01. The lowest BCUT2D eigenvalue weighted by Crippen LogP contribution is -2.30. The van der Waals surface area contributed by atoms with Gasteiger partial charge in [-0.25, -0.2) is 8.42 Å². The number of nitrogens with one attached hydrogen (secondary N) is 1. The van der Waals surface area contributed by atoms with Gasteiger partial charge in [0.2, 0.25) is 5.91 Å². The Kier molecular flexibility index (Phi) is 6.51. The minimum Gasteiger partial charge on any atom is -0.355 e. The van der Waals surface area contributed by atoms with Gasteiger partial charge in [0.25, 0.3) is 0 Å². The van der Waals surface area contributed by atoms with Crippen molar-refractivity contribution in [3.8, 4) is 0 Å². The van der Waals surface area contributed by atoms with E-state index in [0.717, 1.165) is 19.1 Å². The maximum Gasteiger partial charge on any atom is 0.235 e. The normalized spacial score (nSPS) is 13.5. The van der Waals surface area contributed by atoms with Gasteiger partial charge < -0.3 is 11.1 Å². The van der Waals surface area contributed by atoms with E-state index >= 15 is 0 Å². The number of amides is 1. The number of hydrogen-bond acceptors (Lipinski definition) is 4. The fourth-order valence-electron chi connectivity index (χ4n) is 1.09. The van der Waals surface area contributed by atoms with E-state index in [4.69, 9.17) is 5.73 Å². The average Bonchev–Trinajstić information content (AvgIpc) is 2.09. The van der Waals surface area contributed by atoms with E-state index in [0.29, 0.717) is 19.0 Å². The van der Waals surface area contributed by atoms with Crippen LogP contribution >= 0.6 is 0 Å². The molecular formula is C9H20N2O3S. The van der Waals surface area contributed by atoms with Crippen molar-refractivity contribution >= 4 is 15.7 Å². The lowest BCUT2D eigenvalue weighted by atomic mass is 10.1. The Morgan fingerprint density at radius 1 is 1.47 bits per heavy atom. The van der Waals surface area contributed by atoms with Crippen LogP contribution in [0.15, 0.2) is 0 Å². The van der Waals surface area contributed by atoms with Crippen LogP contribution in [0.4, 0.5) is 0 Å². The van der Waals surface area contributed by atoms with Gasteiger partial charge in [-0.2, -0.15) is 0 Å². The molecule has 0 spiro atoms. The second kappa shape index (κ2) is 6.79. The molecule has 0 aromatic carbocycles. The van der Waals surface area contributed by atoms with Crippen LogP contribution < -0.4 is 11.1 Å². The summed E-state index contributed by atoms with van der Waals surface area (Å²) in [5, 5.41) is 2.56. The number of carbonyl (C=O) groups excluding carboxylic acids is 1. The number of hydrogen-bond donors (Lipinski definition) is 2. The number of carbonyl (C=O) groups is 1. The van der Waals surface area contributed by atoms with Crippen molar-refractivity contribution in [2.75, 3.05) is 25.1 Å². The van der Waals surface area contributed by atoms with E-state index in [1.54, 1.807) is 0 Å². The third-order valence-electron chi connectivity index (χ3n) is 1.99. The first kappa shape index (κ1) is 14.4. The molecule has 1 atom stereocenters. The molecule has 0 saturated heterocycles. The van der Waals surface area contributed by atoms with Gasteiger partial charge in [-0.05, 0) is 25.3 Å². The molecule has 5 nitrogen and oxygen atoms in total. The Labute approximate surface area is 91.3 Å². The largest absolute Gasteiger partial charge is 0.355 e. The zero-order chi connectivity index (χ0) is 11.9. The maximum atomic E-state index is 11.1. The van der Waals surface area contributed by atoms with Crippen LogP contribution in [0.3, 0.4) is 0 Å². The summed E-state index contributed by atoms with van der Waals surface area (Å²) in [4.78, 5) is 11.1. The molecule has 0 bridgehead atoms. The number of sulfone groups is 1. The summed E-state index contributed by atoms with van der Waals surface area (Å²) in [7, 11) is -3.21. The molecule has 0 radical (unpaired) electrons. The topological polar surface area (TPSA) is 89.3 Å². The molecule has 0 aromatic rings. The second-order valence-electron chi connectivity index (χ2n) is 3.90. The van der Waals surface area contributed by atoms with Crippen LogP contribution in [0, 0.1) is 5.92 Å². The lowest BCUT2D eigenvalue weighted by molar-refractivity contribution is -0.118. The first-order valence-corrected chi connectivity index (χ1v) is 7.05. The molecule has 0 fully saturated rings. The zero-order valence-electron chi connectivity index (χ0n) is 9.32. The lowest BCUT2D eigenvalue weighted by Gasteiger charge is -2.08. The first-order valence-electron chi connectivity index (χ1n) is 4.99. The Hall–Kier alpha value is -0.620. The third-order valence-corrected chi connectivity index (χ3v) is 2.78. The standard InChI is InChI=1S/C9H20N2O3S/c1-8(6-10)4-3-5-11-9(12)7-15(2,13)14/h8H,3-7,10H2,1-2H3,(H,11,12). The third kappa shape index (κ3) is 9.68. The molecule has 0 rings (SSSR count). The highest BCUT2D eigenvalue weighted by molar-refractivity contribution is 7.91. The van der Waals surface area contributed by atoms with Gasteiger partial charge in [-0.1, -0.05) is 6.92 Å². The molecule has 1 unspecified atom stereocenters. The van der Waals surface area contributed by atoms with Gasteiger partial charge in [-0.15, -0.1) is 0 Å². The molecular weight excluding hydrogens is 216 g/mol. The Balaban J connectivity index is 3.57. The van der Waals surface area contributed by atoms with Crippen LogP contribution in [0.1, 0.15) is 19.8 Å². The Bertz CT molecular complexity index is 288. The summed E-state index contributed by atoms with van der Waals surface area (Å²) in [6, 6.07) is 0. The molecule has 6 heteroatoms. The quantitative estimate of drug-likeness (QED) is 0.584. The summed E-state index contributed by atoms with van der Waals surface area (Å²) >= 11 is 0. The second-order valence-corrected chi connectivity index (χ2v) is 6.04. The highest BCUT2D eigenvalue weighted by Gasteiger charge is 2.09. The van der Waals surface area contributed by atoms with Gasteiger partial charge in [0.05, 0.1) is 0 Å². The summed E-state index contributed by atoms with van der Waals surface area (Å²) in [5.74, 6) is -0.422. The summed E-state index contributed by atoms with van der Waals surface area (Å²) in [5.41, 5.74) is 5.43. The van der Waals surface area contributed by atoms with E-state index in [1.807, 2.05) is 6.92 Å². The van der Waals surface area contributed by atoms with E-state index < -0.39 is 21.5 Å². The fraction of sp³-hybridized carbons (Fsp3) is 0.889. The number of nitrogens with two attached hydrogens (primary N) is 1. The molecule has 0 aliphatic carbocycles. The molecule has 3 N–H and O–H groups in total. The van der Waals surface area contributed by atoms with Crippen LogP contribution in [0.5, 0.6) is 0 Å². The summed E-state index contributed by atoms with van der Waals surface area (Å²) in [6.45, 7) is 3.19. The predicted octanol–water partition coefficient (Wildman–Crippen LogP) is -0.478. The average molecular weight is 236 g/mol. The molecule has 1 amide bonds. The molecule has 15 heavy (non-hydrogen) atoms. The monoisotopic (exact) mass is 236 g/mol. The van der Waals surface area contributed by atoms with Crippen LogP contribution in [-0.2, 0) is 14.6 Å². The van der Waals surface area contributed by atoms with E-state index in [2.05, 4.69) is 5.32 Å². The van der Waals surface area contributed by atoms with Gasteiger partial charge in [0, 0.05) is 12.8 Å². The van der Waals surface area contributed by atoms with E-state index in [9.17, 15) is 13.2 Å². The smallest absolute Gasteiger partial charge is 0.235 e. The van der Waals surface area contributed by atoms with Crippen LogP contribution in [0.2, 0.25) is 0 Å².